The molecular weight excluding hydrogens is 657 g/mol. The number of carbonyl (C=O) groups excluding carboxylic acids is 5. The fourth-order valence-electron chi connectivity index (χ4n) is 6.53. The standard InChI is InChI=1S/C29H44IN5O7/c1-28(2,3)23(33-26(39)34-29(10-6-5-7-11-29)15-42-27(40)41-4)25(38)35-14-17(30)13-20(35)24(37)32-19-12-16-8-9-18(16)21(31)22(19)36/h16-17,19-20,23H,5-15,31H2,1-4H3,(H,32,37)(H2,33,34,39)/t16?,17-,19?,20?,23?/m1/s1. The number of hydrogen-bond donors (Lipinski definition) is 4. The van der Waals surface area contributed by atoms with Crippen LogP contribution in [0.5, 0.6) is 0 Å². The molecule has 4 rings (SSSR count). The number of halogens is 1. The van der Waals surface area contributed by atoms with Gasteiger partial charge in [-0.2, -0.15) is 0 Å². The number of rotatable bonds is 7. The van der Waals surface area contributed by atoms with Gasteiger partial charge in [0.2, 0.25) is 17.6 Å². The van der Waals surface area contributed by atoms with Crippen molar-refractivity contribution in [1.82, 2.24) is 20.9 Å². The monoisotopic (exact) mass is 701 g/mol. The molecule has 12 nitrogen and oxygen atoms in total. The molecule has 2 saturated carbocycles. The molecule has 4 aliphatic rings. The number of amides is 4. The molecule has 0 spiro atoms. The van der Waals surface area contributed by atoms with Crippen molar-refractivity contribution >= 4 is 52.4 Å². The zero-order valence-corrected chi connectivity index (χ0v) is 27.1. The van der Waals surface area contributed by atoms with Crippen molar-refractivity contribution < 1.29 is 33.4 Å². The second kappa shape index (κ2) is 13.0. The molecule has 0 bridgehead atoms. The molecule has 4 unspecified atom stereocenters. The molecule has 3 fully saturated rings. The van der Waals surface area contributed by atoms with Gasteiger partial charge in [-0.1, -0.05) is 62.6 Å². The van der Waals surface area contributed by atoms with E-state index in [0.29, 0.717) is 32.2 Å². The first-order valence-electron chi connectivity index (χ1n) is 14.8. The SMILES string of the molecule is COC(=O)OCC1(NC(=O)NC(C(=O)N2C[C@H](I)CC2C(=O)NC2CC3CCC3=C(N)C2=O)C(C)(C)C)CCCCC1. The summed E-state index contributed by atoms with van der Waals surface area (Å²) in [5.41, 5.74) is 5.89. The zero-order chi connectivity index (χ0) is 30.8. The highest BCUT2D eigenvalue weighted by Gasteiger charge is 2.47. The minimum atomic E-state index is -0.941. The van der Waals surface area contributed by atoms with Crippen LogP contribution in [0.1, 0.15) is 78.6 Å². The van der Waals surface area contributed by atoms with Crippen LogP contribution in [0.3, 0.4) is 0 Å². The normalized spacial score (nSPS) is 27.7. The molecule has 42 heavy (non-hydrogen) atoms. The van der Waals surface area contributed by atoms with Crippen molar-refractivity contribution in [1.29, 1.82) is 0 Å². The molecule has 4 amide bonds. The van der Waals surface area contributed by atoms with Gasteiger partial charge in [0, 0.05) is 10.5 Å². The van der Waals surface area contributed by atoms with E-state index in [9.17, 15) is 24.0 Å². The molecule has 0 radical (unpaired) electrons. The van der Waals surface area contributed by atoms with E-state index in [4.69, 9.17) is 10.5 Å². The van der Waals surface area contributed by atoms with Crippen LogP contribution in [0.2, 0.25) is 0 Å². The Hall–Kier alpha value is -2.58. The number of ketones is 1. The molecule has 5 N–H and O–H groups in total. The van der Waals surface area contributed by atoms with Gasteiger partial charge in [-0.05, 0) is 55.4 Å². The van der Waals surface area contributed by atoms with Crippen molar-refractivity contribution in [3.63, 3.8) is 0 Å². The summed E-state index contributed by atoms with van der Waals surface area (Å²) in [5.74, 6) is -0.772. The van der Waals surface area contributed by atoms with Crippen LogP contribution in [0.25, 0.3) is 0 Å². The van der Waals surface area contributed by atoms with Crippen LogP contribution in [-0.4, -0.2) is 82.5 Å². The largest absolute Gasteiger partial charge is 0.508 e. The van der Waals surface area contributed by atoms with Crippen LogP contribution in [-0.2, 0) is 23.9 Å². The molecule has 1 heterocycles. The van der Waals surface area contributed by atoms with Gasteiger partial charge in [-0.25, -0.2) is 9.59 Å². The number of nitrogens with zero attached hydrogens (tertiary/aromatic N) is 1. The summed E-state index contributed by atoms with van der Waals surface area (Å²) in [6, 6.07) is -2.95. The maximum absolute atomic E-state index is 14.0. The zero-order valence-electron chi connectivity index (χ0n) is 24.9. The number of carbonyl (C=O) groups is 5. The van der Waals surface area contributed by atoms with E-state index in [1.165, 1.54) is 12.0 Å². The molecule has 5 atom stereocenters. The van der Waals surface area contributed by atoms with E-state index in [1.54, 1.807) is 0 Å². The van der Waals surface area contributed by atoms with Crippen molar-refractivity contribution in [2.75, 3.05) is 20.3 Å². The average Bonchev–Trinajstić information content (AvgIpc) is 3.32. The lowest BCUT2D eigenvalue weighted by atomic mass is 9.69. The summed E-state index contributed by atoms with van der Waals surface area (Å²) in [6.07, 6.45) is 5.92. The summed E-state index contributed by atoms with van der Waals surface area (Å²) in [4.78, 5) is 66.9. The van der Waals surface area contributed by atoms with E-state index in [0.717, 1.165) is 37.7 Å². The lowest BCUT2D eigenvalue weighted by Crippen LogP contribution is -2.63. The molecule has 13 heteroatoms. The Morgan fingerprint density at radius 3 is 2.43 bits per heavy atom. The fraction of sp³-hybridized carbons (Fsp3) is 0.759. The summed E-state index contributed by atoms with van der Waals surface area (Å²) in [6.45, 7) is 5.87. The van der Waals surface area contributed by atoms with Gasteiger partial charge in [-0.3, -0.25) is 14.4 Å². The number of nitrogens with one attached hydrogen (secondary N) is 3. The first-order chi connectivity index (χ1) is 19.7. The first-order valence-corrected chi connectivity index (χ1v) is 16.1. The maximum Gasteiger partial charge on any atom is 0.508 e. The molecule has 0 aromatic carbocycles. The highest BCUT2D eigenvalue weighted by Crippen LogP contribution is 2.42. The molecule has 0 aromatic rings. The van der Waals surface area contributed by atoms with Gasteiger partial charge in [0.05, 0.1) is 24.4 Å². The van der Waals surface area contributed by atoms with E-state index in [1.807, 2.05) is 20.8 Å². The number of fused-ring (bicyclic) bond motifs is 1. The number of alkyl halides is 1. The second-order valence-electron chi connectivity index (χ2n) is 13.2. The number of allylic oxidation sites excluding steroid dienone is 1. The van der Waals surface area contributed by atoms with Gasteiger partial charge in [0.15, 0.2) is 0 Å². The van der Waals surface area contributed by atoms with Gasteiger partial charge in [0.25, 0.3) is 0 Å². The topological polar surface area (TPSA) is 169 Å². The van der Waals surface area contributed by atoms with Crippen LogP contribution < -0.4 is 21.7 Å². The Morgan fingerprint density at radius 2 is 1.83 bits per heavy atom. The quantitative estimate of drug-likeness (QED) is 0.179. The fourth-order valence-corrected chi connectivity index (χ4v) is 7.43. The molecule has 234 valence electrons. The van der Waals surface area contributed by atoms with Crippen molar-refractivity contribution in [2.24, 2.45) is 17.1 Å². The lowest BCUT2D eigenvalue weighted by molar-refractivity contribution is -0.142. The maximum atomic E-state index is 14.0. The number of urea groups is 1. The highest BCUT2D eigenvalue weighted by atomic mass is 127. The summed E-state index contributed by atoms with van der Waals surface area (Å²) < 4.78 is 9.85. The number of ether oxygens (including phenoxy) is 2. The number of likely N-dealkylation sites (tertiary alicyclic amines) is 1. The highest BCUT2D eigenvalue weighted by molar-refractivity contribution is 14.1. The smallest absolute Gasteiger partial charge is 0.438 e. The number of nitrogens with two attached hydrogens (primary N) is 1. The molecule has 3 aliphatic carbocycles. The molecule has 1 aliphatic heterocycles. The van der Waals surface area contributed by atoms with Crippen LogP contribution in [0.15, 0.2) is 11.3 Å². The second-order valence-corrected chi connectivity index (χ2v) is 14.9. The van der Waals surface area contributed by atoms with Crippen LogP contribution in [0.4, 0.5) is 9.59 Å². The third kappa shape index (κ3) is 7.13. The van der Waals surface area contributed by atoms with Crippen molar-refractivity contribution in [3.8, 4) is 0 Å². The predicted octanol–water partition coefficient (Wildman–Crippen LogP) is 2.67. The Kier molecular flexibility index (Phi) is 9.98. The number of methoxy groups -OCH3 is 1. The number of Topliss-reactive ketones (excluding diaryl/α,β-unsaturated/α-hetero) is 1. The Bertz CT molecular complexity index is 1130. The van der Waals surface area contributed by atoms with Gasteiger partial charge in [0.1, 0.15) is 18.7 Å². The summed E-state index contributed by atoms with van der Waals surface area (Å²) in [5, 5.41) is 8.75. The van der Waals surface area contributed by atoms with E-state index in [2.05, 4.69) is 43.3 Å². The predicted molar refractivity (Wildman–Crippen MR) is 163 cm³/mol. The van der Waals surface area contributed by atoms with Crippen molar-refractivity contribution in [2.45, 2.75) is 106 Å². The van der Waals surface area contributed by atoms with E-state index in [-0.39, 0.29) is 39.7 Å². The number of hydrogen-bond acceptors (Lipinski definition) is 8. The average molecular weight is 702 g/mol. The van der Waals surface area contributed by atoms with Crippen molar-refractivity contribution in [3.05, 3.63) is 11.3 Å². The third-order valence-electron chi connectivity index (χ3n) is 9.07. The third-order valence-corrected chi connectivity index (χ3v) is 9.97. The van der Waals surface area contributed by atoms with Gasteiger partial charge >= 0.3 is 12.2 Å². The van der Waals surface area contributed by atoms with E-state index < -0.39 is 41.3 Å². The molecule has 1 saturated heterocycles. The minimum Gasteiger partial charge on any atom is -0.438 e. The Labute approximate surface area is 260 Å². The molecule has 0 aromatic heterocycles. The molecular formula is C29H44IN5O7. The lowest BCUT2D eigenvalue weighted by Gasteiger charge is -2.40. The van der Waals surface area contributed by atoms with Gasteiger partial charge < -0.3 is 36.1 Å². The van der Waals surface area contributed by atoms with E-state index >= 15 is 0 Å². The minimum absolute atomic E-state index is 0.0305. The van der Waals surface area contributed by atoms with Crippen LogP contribution >= 0.6 is 22.6 Å². The Morgan fingerprint density at radius 1 is 1.14 bits per heavy atom. The summed E-state index contributed by atoms with van der Waals surface area (Å²) >= 11 is 2.23. The van der Waals surface area contributed by atoms with Gasteiger partial charge in [-0.15, -0.1) is 0 Å². The summed E-state index contributed by atoms with van der Waals surface area (Å²) in [7, 11) is 1.23. The first kappa shape index (κ1) is 32.3. The van der Waals surface area contributed by atoms with Crippen LogP contribution in [0, 0.1) is 11.3 Å². The Balaban J connectivity index is 1.45.